The van der Waals surface area contributed by atoms with Crippen molar-refractivity contribution in [3.63, 3.8) is 0 Å². The third-order valence-electron chi connectivity index (χ3n) is 2.56. The normalized spacial score (nSPS) is 13.0. The van der Waals surface area contributed by atoms with Gasteiger partial charge >= 0.3 is 5.97 Å². The van der Waals surface area contributed by atoms with Crippen LogP contribution in [0.2, 0.25) is 0 Å². The van der Waals surface area contributed by atoms with Crippen LogP contribution in [-0.4, -0.2) is 37.1 Å². The van der Waals surface area contributed by atoms with E-state index in [-0.39, 0.29) is 12.0 Å². The third kappa shape index (κ3) is 5.12. The maximum atomic E-state index is 11.6. The van der Waals surface area contributed by atoms with Crippen molar-refractivity contribution >= 4 is 5.97 Å². The van der Waals surface area contributed by atoms with Crippen LogP contribution in [-0.2, 0) is 9.53 Å². The molecule has 0 aromatic carbocycles. The van der Waals surface area contributed by atoms with Crippen molar-refractivity contribution in [2.45, 2.75) is 32.7 Å². The summed E-state index contributed by atoms with van der Waals surface area (Å²) in [5, 5.41) is 0. The summed E-state index contributed by atoms with van der Waals surface area (Å²) in [4.78, 5) is 13.7. The summed E-state index contributed by atoms with van der Waals surface area (Å²) < 4.78 is 4.82. The van der Waals surface area contributed by atoms with Crippen LogP contribution in [0.5, 0.6) is 0 Å². The van der Waals surface area contributed by atoms with Crippen LogP contribution < -0.4 is 0 Å². The molecule has 0 saturated carbocycles. The number of carbonyl (C=O) groups excluding carboxylic acids is 1. The Balaban J connectivity index is 4.41. The Morgan fingerprint density at radius 3 is 2.44 bits per heavy atom. The lowest BCUT2D eigenvalue weighted by molar-refractivity contribution is -0.146. The molecular formula is C13H23NO2. The maximum Gasteiger partial charge on any atom is 0.323 e. The molecule has 0 aliphatic carbocycles. The highest BCUT2D eigenvalue weighted by atomic mass is 16.5. The number of carbonyl (C=O) groups is 1. The molecule has 0 aliphatic heterocycles. The van der Waals surface area contributed by atoms with E-state index >= 15 is 0 Å². The van der Waals surface area contributed by atoms with Crippen LogP contribution in [0, 0.1) is 0 Å². The molecule has 1 unspecified atom stereocenters. The van der Waals surface area contributed by atoms with Crippen LogP contribution >= 0.6 is 0 Å². The molecule has 0 fully saturated rings. The number of hydrogen-bond acceptors (Lipinski definition) is 3. The van der Waals surface area contributed by atoms with Crippen molar-refractivity contribution in [1.29, 1.82) is 0 Å². The minimum absolute atomic E-state index is 0.160. The maximum absolute atomic E-state index is 11.6. The quantitative estimate of drug-likeness (QED) is 0.469. The van der Waals surface area contributed by atoms with E-state index in [0.29, 0.717) is 6.42 Å². The number of esters is 1. The van der Waals surface area contributed by atoms with Crippen LogP contribution in [0.4, 0.5) is 0 Å². The molecule has 3 heteroatoms. The molecule has 0 aliphatic rings. The van der Waals surface area contributed by atoms with E-state index in [1.165, 1.54) is 7.11 Å². The lowest BCUT2D eigenvalue weighted by Gasteiger charge is -2.26. The summed E-state index contributed by atoms with van der Waals surface area (Å²) in [7, 11) is 1.44. The van der Waals surface area contributed by atoms with E-state index in [9.17, 15) is 4.79 Å². The molecule has 0 bridgehead atoms. The zero-order valence-corrected chi connectivity index (χ0v) is 10.6. The van der Waals surface area contributed by atoms with Gasteiger partial charge in [0.05, 0.1) is 7.11 Å². The Hall–Kier alpha value is -1.09. The van der Waals surface area contributed by atoms with E-state index in [0.717, 1.165) is 19.5 Å². The van der Waals surface area contributed by atoms with Crippen LogP contribution in [0.15, 0.2) is 24.8 Å². The van der Waals surface area contributed by atoms with Gasteiger partial charge in [0, 0.05) is 0 Å². The van der Waals surface area contributed by atoms with Crippen LogP contribution in [0.1, 0.15) is 26.7 Å². The average Bonchev–Trinajstić information content (AvgIpc) is 2.32. The van der Waals surface area contributed by atoms with Gasteiger partial charge in [0.1, 0.15) is 6.04 Å². The molecule has 0 heterocycles. The zero-order valence-electron chi connectivity index (χ0n) is 10.6. The highest BCUT2D eigenvalue weighted by Crippen LogP contribution is 2.07. The van der Waals surface area contributed by atoms with Crippen molar-refractivity contribution in [3.05, 3.63) is 24.8 Å². The molecule has 0 N–H and O–H groups in total. The Bertz CT molecular complexity index is 232. The first kappa shape index (κ1) is 14.9. The van der Waals surface area contributed by atoms with Crippen molar-refractivity contribution in [2.75, 3.05) is 20.2 Å². The van der Waals surface area contributed by atoms with E-state index in [1.807, 2.05) is 32.1 Å². The molecule has 1 atom stereocenters. The predicted molar refractivity (Wildman–Crippen MR) is 67.3 cm³/mol. The molecule has 3 nitrogen and oxygen atoms in total. The lowest BCUT2D eigenvalue weighted by atomic mass is 10.1. The lowest BCUT2D eigenvalue weighted by Crippen LogP contribution is -2.41. The summed E-state index contributed by atoms with van der Waals surface area (Å²) in [6, 6.07) is -0.166. The Morgan fingerprint density at radius 1 is 1.38 bits per heavy atom. The zero-order chi connectivity index (χ0) is 12.4. The topological polar surface area (TPSA) is 29.5 Å². The van der Waals surface area contributed by atoms with E-state index in [4.69, 9.17) is 4.74 Å². The van der Waals surface area contributed by atoms with Gasteiger partial charge in [0.2, 0.25) is 0 Å². The number of allylic oxidation sites excluding steroid dienone is 2. The van der Waals surface area contributed by atoms with Crippen LogP contribution in [0.3, 0.4) is 0 Å². The third-order valence-corrected chi connectivity index (χ3v) is 2.56. The second-order valence-electron chi connectivity index (χ2n) is 3.49. The fourth-order valence-electron chi connectivity index (χ4n) is 1.61. The van der Waals surface area contributed by atoms with Crippen molar-refractivity contribution < 1.29 is 9.53 Å². The van der Waals surface area contributed by atoms with Gasteiger partial charge in [-0.2, -0.15) is 0 Å². The van der Waals surface area contributed by atoms with Crippen molar-refractivity contribution in [3.8, 4) is 0 Å². The Morgan fingerprint density at radius 2 is 2.00 bits per heavy atom. The first-order valence-corrected chi connectivity index (χ1v) is 5.78. The van der Waals surface area contributed by atoms with Gasteiger partial charge in [-0.3, -0.25) is 9.69 Å². The van der Waals surface area contributed by atoms with E-state index in [2.05, 4.69) is 11.5 Å². The van der Waals surface area contributed by atoms with E-state index in [1.54, 1.807) is 0 Å². The summed E-state index contributed by atoms with van der Waals surface area (Å²) in [6.07, 6.45) is 7.41. The van der Waals surface area contributed by atoms with Crippen molar-refractivity contribution in [2.24, 2.45) is 0 Å². The number of hydrogen-bond donors (Lipinski definition) is 0. The summed E-state index contributed by atoms with van der Waals surface area (Å²) >= 11 is 0. The van der Waals surface area contributed by atoms with Gasteiger partial charge in [-0.15, -0.1) is 6.58 Å². The second-order valence-corrected chi connectivity index (χ2v) is 3.49. The minimum Gasteiger partial charge on any atom is -0.468 e. The predicted octanol–water partition coefficient (Wildman–Crippen LogP) is 2.39. The highest BCUT2D eigenvalue weighted by molar-refractivity contribution is 5.75. The number of ether oxygens (including phenoxy) is 1. The Kier molecular flexibility index (Phi) is 8.53. The van der Waals surface area contributed by atoms with Gasteiger partial charge < -0.3 is 4.74 Å². The molecule has 92 valence electrons. The number of nitrogens with zero attached hydrogens (tertiary/aromatic N) is 1. The fraction of sp³-hybridized carbons (Fsp3) is 0.615. The number of rotatable bonds is 8. The fourth-order valence-corrected chi connectivity index (χ4v) is 1.61. The molecular weight excluding hydrogens is 202 g/mol. The average molecular weight is 225 g/mol. The molecule has 0 spiro atoms. The van der Waals surface area contributed by atoms with E-state index < -0.39 is 0 Å². The molecule has 0 saturated heterocycles. The van der Waals surface area contributed by atoms with Crippen LogP contribution in [0.25, 0.3) is 0 Å². The van der Waals surface area contributed by atoms with Gasteiger partial charge in [0.15, 0.2) is 0 Å². The smallest absolute Gasteiger partial charge is 0.323 e. The van der Waals surface area contributed by atoms with Crippen molar-refractivity contribution in [1.82, 2.24) is 4.90 Å². The summed E-state index contributed by atoms with van der Waals surface area (Å²) in [5.41, 5.74) is 0. The van der Waals surface area contributed by atoms with Gasteiger partial charge in [-0.05, 0) is 25.9 Å². The first-order chi connectivity index (χ1) is 7.71. The summed E-state index contributed by atoms with van der Waals surface area (Å²) in [6.45, 7) is 9.45. The number of methoxy groups -OCH3 is 1. The van der Waals surface area contributed by atoms with Gasteiger partial charge in [0.25, 0.3) is 0 Å². The minimum atomic E-state index is -0.166. The standard InChI is InChI=1S/C13H23NO2/c1-5-8-9-10-11-12(13(15)16-4)14(6-2)7-3/h5,9-10,12H,1,6-8,11H2,2-4H3/b10-9+. The Labute approximate surface area is 98.8 Å². The summed E-state index contributed by atoms with van der Waals surface area (Å²) in [5.74, 6) is -0.160. The number of likely N-dealkylation sites (N-methyl/N-ethyl adjacent to an activating group) is 1. The monoisotopic (exact) mass is 225 g/mol. The second kappa shape index (κ2) is 9.16. The van der Waals surface area contributed by atoms with Gasteiger partial charge in [-0.1, -0.05) is 32.1 Å². The molecule has 0 radical (unpaired) electrons. The largest absolute Gasteiger partial charge is 0.468 e. The molecule has 0 aromatic rings. The van der Waals surface area contributed by atoms with Gasteiger partial charge in [-0.25, -0.2) is 0 Å². The molecule has 0 aromatic heterocycles. The molecule has 16 heavy (non-hydrogen) atoms. The molecule has 0 rings (SSSR count). The first-order valence-electron chi connectivity index (χ1n) is 5.78. The highest BCUT2D eigenvalue weighted by Gasteiger charge is 2.22. The molecule has 0 amide bonds. The SMILES string of the molecule is C=CC/C=C/CC(C(=O)OC)N(CC)CC.